The maximum Gasteiger partial charge on any atom is 0.148 e. The number of halogens is 1. The third kappa shape index (κ3) is 5.42. The van der Waals surface area contributed by atoms with Crippen molar-refractivity contribution >= 4 is 23.4 Å². The second-order valence-corrected chi connectivity index (χ2v) is 7.91. The number of aliphatic hydroxyl groups is 1. The van der Waals surface area contributed by atoms with Crippen LogP contribution in [-0.4, -0.2) is 27.4 Å². The molecule has 4 rings (SSSR count). The average molecular weight is 453 g/mol. The van der Waals surface area contributed by atoms with Gasteiger partial charge in [0.15, 0.2) is 0 Å². The molecule has 1 heterocycles. The Morgan fingerprint density at radius 3 is 2.28 bits per heavy atom. The lowest BCUT2D eigenvalue weighted by atomic mass is 10.1. The van der Waals surface area contributed by atoms with Crippen LogP contribution in [0.5, 0.6) is 11.5 Å². The number of fused-ring (bicyclic) bond motifs is 1. The summed E-state index contributed by atoms with van der Waals surface area (Å²) in [6, 6.07) is 21.9. The van der Waals surface area contributed by atoms with Gasteiger partial charge in [0.1, 0.15) is 36.6 Å². The molecule has 1 N–H and O–H groups in total. The molecule has 0 saturated carbocycles. The van der Waals surface area contributed by atoms with Crippen LogP contribution < -0.4 is 9.47 Å². The Morgan fingerprint density at radius 1 is 0.875 bits per heavy atom. The molecule has 0 aliphatic carbocycles. The highest BCUT2D eigenvalue weighted by Gasteiger charge is 2.16. The number of hydrogen-bond donors (Lipinski definition) is 1. The molecule has 0 aliphatic rings. The topological polar surface area (TPSA) is 56.5 Å². The fourth-order valence-electron chi connectivity index (χ4n) is 3.69. The third-order valence-electron chi connectivity index (χ3n) is 5.34. The first kappa shape index (κ1) is 23.6. The van der Waals surface area contributed by atoms with E-state index in [-0.39, 0.29) is 19.0 Å². The zero-order valence-corrected chi connectivity index (χ0v) is 19.4. The smallest absolute Gasteiger partial charge is 0.148 e. The van der Waals surface area contributed by atoms with Gasteiger partial charge in [0.25, 0.3) is 0 Å². The van der Waals surface area contributed by atoms with Crippen molar-refractivity contribution in [2.45, 2.75) is 40.0 Å². The number of benzene rings is 3. The largest absolute Gasteiger partial charge is 0.491 e. The number of rotatable bonds is 8. The number of aryl methyl sites for hydroxylation is 3. The molecule has 3 aromatic carbocycles. The van der Waals surface area contributed by atoms with Gasteiger partial charge >= 0.3 is 0 Å². The van der Waals surface area contributed by atoms with E-state index >= 15 is 0 Å². The molecule has 0 radical (unpaired) electrons. The van der Waals surface area contributed by atoms with Crippen LogP contribution in [0.2, 0.25) is 0 Å². The number of para-hydroxylation sites is 3. The van der Waals surface area contributed by atoms with Gasteiger partial charge in [0, 0.05) is 0 Å². The molecule has 0 saturated heterocycles. The molecule has 32 heavy (non-hydrogen) atoms. The summed E-state index contributed by atoms with van der Waals surface area (Å²) in [7, 11) is 0. The van der Waals surface area contributed by atoms with Crippen molar-refractivity contribution < 1.29 is 14.6 Å². The molecule has 0 amide bonds. The van der Waals surface area contributed by atoms with Crippen LogP contribution in [0.3, 0.4) is 0 Å². The van der Waals surface area contributed by atoms with E-state index < -0.39 is 6.10 Å². The van der Waals surface area contributed by atoms with Crippen LogP contribution in [0.15, 0.2) is 66.7 Å². The minimum atomic E-state index is -0.683. The standard InChI is InChI=1S/C26H28N2O3.ClH/c1-18-11-13-22(14-12-18)30-16-21(29)15-28-24-10-5-4-9-23(24)27-25(28)17-31-26-19(2)7-6-8-20(26)3;/h4-14,21,29H,15-17H2,1-3H3;1H. The molecular formula is C26H29ClN2O3. The highest BCUT2D eigenvalue weighted by atomic mass is 35.5. The van der Waals surface area contributed by atoms with Gasteiger partial charge in [-0.2, -0.15) is 0 Å². The molecule has 0 bridgehead atoms. The minimum Gasteiger partial charge on any atom is -0.491 e. The summed E-state index contributed by atoms with van der Waals surface area (Å²) in [5, 5.41) is 10.7. The zero-order valence-electron chi connectivity index (χ0n) is 18.6. The van der Waals surface area contributed by atoms with Gasteiger partial charge in [-0.05, 0) is 56.2 Å². The summed E-state index contributed by atoms with van der Waals surface area (Å²) < 4.78 is 13.9. The maximum atomic E-state index is 10.7. The Kier molecular flexibility index (Phi) is 7.78. The molecule has 0 fully saturated rings. The van der Waals surface area contributed by atoms with Gasteiger partial charge < -0.3 is 19.1 Å². The van der Waals surface area contributed by atoms with Crippen molar-refractivity contribution in [1.82, 2.24) is 9.55 Å². The predicted octanol–water partition coefficient (Wildman–Crippen LogP) is 5.40. The summed E-state index contributed by atoms with van der Waals surface area (Å²) in [4.78, 5) is 4.75. The van der Waals surface area contributed by atoms with E-state index in [1.807, 2.05) is 92.1 Å². The Bertz CT molecular complexity index is 1150. The molecule has 1 atom stereocenters. The van der Waals surface area contributed by atoms with Gasteiger partial charge in [0.05, 0.1) is 17.6 Å². The van der Waals surface area contributed by atoms with Gasteiger partial charge in [0.2, 0.25) is 0 Å². The normalized spacial score (nSPS) is 11.8. The van der Waals surface area contributed by atoms with Gasteiger partial charge in [-0.15, -0.1) is 12.4 Å². The summed E-state index contributed by atoms with van der Waals surface area (Å²) in [5.74, 6) is 2.40. The first-order valence-corrected chi connectivity index (χ1v) is 10.5. The summed E-state index contributed by atoms with van der Waals surface area (Å²) in [5.41, 5.74) is 5.21. The van der Waals surface area contributed by atoms with Gasteiger partial charge in [-0.3, -0.25) is 0 Å². The Labute approximate surface area is 195 Å². The third-order valence-corrected chi connectivity index (χ3v) is 5.34. The lowest BCUT2D eigenvalue weighted by molar-refractivity contribution is 0.0917. The molecule has 1 aromatic heterocycles. The van der Waals surface area contributed by atoms with E-state index in [4.69, 9.17) is 14.5 Å². The van der Waals surface area contributed by atoms with E-state index in [1.165, 1.54) is 5.56 Å². The number of nitrogens with zero attached hydrogens (tertiary/aromatic N) is 2. The average Bonchev–Trinajstić information content (AvgIpc) is 3.10. The second-order valence-electron chi connectivity index (χ2n) is 7.91. The molecule has 1 unspecified atom stereocenters. The summed E-state index contributed by atoms with van der Waals surface area (Å²) in [6.45, 7) is 7.01. The van der Waals surface area contributed by atoms with Crippen LogP contribution in [0.4, 0.5) is 0 Å². The highest BCUT2D eigenvalue weighted by Crippen LogP contribution is 2.24. The van der Waals surface area contributed by atoms with E-state index in [2.05, 4.69) is 0 Å². The molecule has 0 spiro atoms. The lowest BCUT2D eigenvalue weighted by Gasteiger charge is -2.17. The predicted molar refractivity (Wildman–Crippen MR) is 130 cm³/mol. The molecule has 168 valence electrons. The van der Waals surface area contributed by atoms with E-state index in [0.717, 1.165) is 39.5 Å². The van der Waals surface area contributed by atoms with Crippen LogP contribution in [0.1, 0.15) is 22.5 Å². The van der Waals surface area contributed by atoms with E-state index in [9.17, 15) is 5.11 Å². The molecule has 4 aromatic rings. The first-order chi connectivity index (χ1) is 15.0. The van der Waals surface area contributed by atoms with E-state index in [1.54, 1.807) is 0 Å². The second kappa shape index (κ2) is 10.5. The van der Waals surface area contributed by atoms with Crippen molar-refractivity contribution in [1.29, 1.82) is 0 Å². The molecule has 0 aliphatic heterocycles. The molecule has 6 heteroatoms. The van der Waals surface area contributed by atoms with Crippen LogP contribution in [0.25, 0.3) is 11.0 Å². The van der Waals surface area contributed by atoms with Crippen LogP contribution in [-0.2, 0) is 13.2 Å². The van der Waals surface area contributed by atoms with Crippen molar-refractivity contribution in [3.8, 4) is 11.5 Å². The first-order valence-electron chi connectivity index (χ1n) is 10.5. The van der Waals surface area contributed by atoms with Crippen molar-refractivity contribution in [2.24, 2.45) is 0 Å². The Hall–Kier alpha value is -3.02. The summed E-state index contributed by atoms with van der Waals surface area (Å²) in [6.07, 6.45) is -0.683. The molecular weight excluding hydrogens is 424 g/mol. The van der Waals surface area contributed by atoms with E-state index in [0.29, 0.717) is 13.2 Å². The van der Waals surface area contributed by atoms with Crippen molar-refractivity contribution in [3.05, 3.63) is 89.2 Å². The van der Waals surface area contributed by atoms with Crippen molar-refractivity contribution in [3.63, 3.8) is 0 Å². The van der Waals surface area contributed by atoms with Gasteiger partial charge in [-0.25, -0.2) is 4.98 Å². The number of hydrogen-bond acceptors (Lipinski definition) is 4. The van der Waals surface area contributed by atoms with Crippen molar-refractivity contribution in [2.75, 3.05) is 6.61 Å². The highest BCUT2D eigenvalue weighted by molar-refractivity contribution is 5.85. The SMILES string of the molecule is Cc1ccc(OCC(O)Cn2c(COc3c(C)cccc3C)nc3ccccc32)cc1.Cl. The number of aromatic nitrogens is 2. The number of ether oxygens (including phenoxy) is 2. The monoisotopic (exact) mass is 452 g/mol. The Morgan fingerprint density at radius 2 is 1.56 bits per heavy atom. The quantitative estimate of drug-likeness (QED) is 0.388. The van der Waals surface area contributed by atoms with Crippen LogP contribution in [0, 0.1) is 20.8 Å². The zero-order chi connectivity index (χ0) is 21.8. The fraction of sp³-hybridized carbons (Fsp3) is 0.269. The number of aliphatic hydroxyl groups excluding tert-OH is 1. The minimum absolute atomic E-state index is 0. The number of imidazole rings is 1. The maximum absolute atomic E-state index is 10.7. The van der Waals surface area contributed by atoms with Crippen LogP contribution >= 0.6 is 12.4 Å². The van der Waals surface area contributed by atoms with Gasteiger partial charge in [-0.1, -0.05) is 48.0 Å². The summed E-state index contributed by atoms with van der Waals surface area (Å²) >= 11 is 0. The molecule has 5 nitrogen and oxygen atoms in total. The fourth-order valence-corrected chi connectivity index (χ4v) is 3.69. The Balaban J connectivity index is 0.00000289. The lowest BCUT2D eigenvalue weighted by Crippen LogP contribution is -2.25.